The van der Waals surface area contributed by atoms with Crippen molar-refractivity contribution in [3.63, 3.8) is 0 Å². The number of ether oxygens (including phenoxy) is 1. The van der Waals surface area contributed by atoms with E-state index in [0.717, 1.165) is 21.9 Å². The van der Waals surface area contributed by atoms with Gasteiger partial charge in [0.25, 0.3) is 0 Å². The van der Waals surface area contributed by atoms with Crippen LogP contribution in [0.15, 0.2) is 18.2 Å². The first kappa shape index (κ1) is 24.9. The zero-order valence-corrected chi connectivity index (χ0v) is 16.5. The van der Waals surface area contributed by atoms with Gasteiger partial charge >= 0.3 is 30.9 Å². The van der Waals surface area contributed by atoms with Gasteiger partial charge in [-0.05, 0) is 52.3 Å². The van der Waals surface area contributed by atoms with Crippen LogP contribution in [0.3, 0.4) is 0 Å². The average Bonchev–Trinajstić information content (AvgIpc) is 2.48. The summed E-state index contributed by atoms with van der Waals surface area (Å²) < 4.78 is 32.8. The van der Waals surface area contributed by atoms with Crippen LogP contribution in [0.25, 0.3) is 0 Å². The molecule has 1 heterocycles. The van der Waals surface area contributed by atoms with Crippen molar-refractivity contribution in [2.75, 3.05) is 13.1 Å². The molecule has 1 N–H and O–H groups in total. The summed E-state index contributed by atoms with van der Waals surface area (Å²) in [4.78, 5) is 39.2. The Kier molecular flexibility index (Phi) is 7.49. The predicted octanol–water partition coefficient (Wildman–Crippen LogP) is 2.30. The normalized spacial score (nSPS) is 18.9. The van der Waals surface area contributed by atoms with Crippen LogP contribution in [0.1, 0.15) is 46.2 Å². The van der Waals surface area contributed by atoms with Gasteiger partial charge in [0.05, 0.1) is 6.04 Å². The minimum absolute atomic E-state index is 0. The number of aliphatic carboxylic acids is 1. The number of hydrogen-bond acceptors (Lipinski definition) is 4. The number of carboxylic acids is 1. The zero-order valence-electron chi connectivity index (χ0n) is 16.5. The van der Waals surface area contributed by atoms with E-state index in [1.165, 1.54) is 13.8 Å². The molecule has 0 saturated carbocycles. The van der Waals surface area contributed by atoms with Crippen molar-refractivity contribution in [2.45, 2.75) is 51.8 Å². The zero-order chi connectivity index (χ0) is 21.4. The van der Waals surface area contributed by atoms with Crippen molar-refractivity contribution in [2.24, 2.45) is 0 Å². The molecule has 1 aromatic rings. The molecule has 156 valence electrons. The Morgan fingerprint density at radius 3 is 2.17 bits per heavy atom. The Balaban J connectivity index is 0.00000420. The molecule has 1 aliphatic rings. The van der Waals surface area contributed by atoms with Crippen LogP contribution in [-0.2, 0) is 14.3 Å². The van der Waals surface area contributed by atoms with Crippen LogP contribution < -0.4 is 0 Å². The quantitative estimate of drug-likeness (QED) is 0.779. The number of benzene rings is 1. The maximum absolute atomic E-state index is 13.7. The number of carboxylic acid groups (broad SMARTS) is 1. The van der Waals surface area contributed by atoms with Crippen molar-refractivity contribution in [3.05, 3.63) is 35.4 Å². The standard InChI is InChI=1S/C19H24F2N2O5.Li.H/c1-18(2,3)28-17(27)23-9-14(11-6-12(20)8-13(21)7-11)22(10-15(24)25)16(26)19(23,4)5;;/h6-8,14H,9-10H2,1-5H3,(H,24,25);;. The third kappa shape index (κ3) is 5.70. The van der Waals surface area contributed by atoms with Crippen molar-refractivity contribution < 1.29 is 33.0 Å². The van der Waals surface area contributed by atoms with Crippen LogP contribution in [0.5, 0.6) is 0 Å². The first-order valence-corrected chi connectivity index (χ1v) is 8.72. The summed E-state index contributed by atoms with van der Waals surface area (Å²) >= 11 is 0. The number of amides is 2. The molecular formula is C19H25F2LiN2O5. The van der Waals surface area contributed by atoms with Crippen LogP contribution in [0.4, 0.5) is 13.6 Å². The Bertz CT molecular complexity index is 790. The average molecular weight is 406 g/mol. The van der Waals surface area contributed by atoms with Gasteiger partial charge in [0.15, 0.2) is 0 Å². The third-order valence-corrected chi connectivity index (χ3v) is 4.38. The Labute approximate surface area is 180 Å². The molecule has 0 bridgehead atoms. The second kappa shape index (κ2) is 8.72. The minimum atomic E-state index is -1.40. The Morgan fingerprint density at radius 2 is 1.72 bits per heavy atom. The van der Waals surface area contributed by atoms with Crippen molar-refractivity contribution in [3.8, 4) is 0 Å². The van der Waals surface area contributed by atoms with E-state index in [-0.39, 0.29) is 31.0 Å². The molecule has 1 aromatic carbocycles. The summed E-state index contributed by atoms with van der Waals surface area (Å²) in [5.74, 6) is -3.68. The molecule has 10 heteroatoms. The molecule has 1 fully saturated rings. The fraction of sp³-hybridized carbons (Fsp3) is 0.526. The first-order chi connectivity index (χ1) is 12.7. The molecule has 29 heavy (non-hydrogen) atoms. The van der Waals surface area contributed by atoms with Gasteiger partial charge in [-0.25, -0.2) is 13.6 Å². The van der Waals surface area contributed by atoms with Crippen LogP contribution >= 0.6 is 0 Å². The summed E-state index contributed by atoms with van der Waals surface area (Å²) in [7, 11) is 0. The predicted molar refractivity (Wildman–Crippen MR) is 103 cm³/mol. The van der Waals surface area contributed by atoms with Crippen LogP contribution in [0, 0.1) is 11.6 Å². The molecule has 1 aliphatic heterocycles. The number of hydrogen-bond donors (Lipinski definition) is 1. The fourth-order valence-corrected chi connectivity index (χ4v) is 3.11. The molecule has 0 spiro atoms. The van der Waals surface area contributed by atoms with Gasteiger partial charge in [0, 0.05) is 12.6 Å². The van der Waals surface area contributed by atoms with Gasteiger partial charge in [0.2, 0.25) is 5.91 Å². The van der Waals surface area contributed by atoms with Gasteiger partial charge in [-0.1, -0.05) is 0 Å². The first-order valence-electron chi connectivity index (χ1n) is 8.72. The van der Waals surface area contributed by atoms with E-state index in [9.17, 15) is 28.3 Å². The summed E-state index contributed by atoms with van der Waals surface area (Å²) in [5.41, 5.74) is -2.18. The monoisotopic (exact) mass is 406 g/mol. The second-order valence-corrected chi connectivity index (χ2v) is 8.20. The fourth-order valence-electron chi connectivity index (χ4n) is 3.11. The molecule has 1 saturated heterocycles. The molecule has 1 atom stereocenters. The van der Waals surface area contributed by atoms with E-state index in [1.54, 1.807) is 20.8 Å². The number of nitrogens with zero attached hydrogens (tertiary/aromatic N) is 2. The number of carbonyl (C=O) groups is 3. The van der Waals surface area contributed by atoms with Crippen molar-refractivity contribution in [1.29, 1.82) is 0 Å². The summed E-state index contributed by atoms with van der Waals surface area (Å²) in [6.07, 6.45) is -0.775. The maximum atomic E-state index is 13.7. The van der Waals surface area contributed by atoms with Crippen molar-refractivity contribution in [1.82, 2.24) is 9.80 Å². The molecule has 0 aromatic heterocycles. The van der Waals surface area contributed by atoms with Gasteiger partial charge in [-0.2, -0.15) is 0 Å². The van der Waals surface area contributed by atoms with E-state index in [1.807, 2.05) is 0 Å². The van der Waals surface area contributed by atoms with Crippen LogP contribution in [-0.4, -0.2) is 76.0 Å². The van der Waals surface area contributed by atoms with E-state index in [2.05, 4.69) is 0 Å². The number of piperazine rings is 1. The van der Waals surface area contributed by atoms with Crippen LogP contribution in [0.2, 0.25) is 0 Å². The molecular weight excluding hydrogens is 381 g/mol. The molecule has 1 unspecified atom stereocenters. The van der Waals surface area contributed by atoms with Gasteiger partial charge in [-0.15, -0.1) is 0 Å². The van der Waals surface area contributed by atoms with E-state index >= 15 is 0 Å². The van der Waals surface area contributed by atoms with Gasteiger partial charge in [0.1, 0.15) is 29.3 Å². The van der Waals surface area contributed by atoms with E-state index in [0.29, 0.717) is 6.07 Å². The summed E-state index contributed by atoms with van der Waals surface area (Å²) in [5, 5.41) is 9.21. The van der Waals surface area contributed by atoms with Gasteiger partial charge < -0.3 is 14.7 Å². The molecule has 0 radical (unpaired) electrons. The third-order valence-electron chi connectivity index (χ3n) is 4.38. The van der Waals surface area contributed by atoms with Gasteiger partial charge in [-0.3, -0.25) is 14.5 Å². The molecule has 7 nitrogen and oxygen atoms in total. The number of halogens is 2. The van der Waals surface area contributed by atoms with Crippen molar-refractivity contribution >= 4 is 36.8 Å². The molecule has 0 aliphatic carbocycles. The Hall–Kier alpha value is -2.11. The van der Waals surface area contributed by atoms with E-state index < -0.39 is 53.3 Å². The number of rotatable bonds is 3. The summed E-state index contributed by atoms with van der Waals surface area (Å²) in [6.45, 7) is 7.09. The van der Waals surface area contributed by atoms with E-state index in [4.69, 9.17) is 4.74 Å². The summed E-state index contributed by atoms with van der Waals surface area (Å²) in [6, 6.07) is 1.66. The Morgan fingerprint density at radius 1 is 1.21 bits per heavy atom. The molecule has 2 rings (SSSR count). The SMILES string of the molecule is CC(C)(C)OC(=O)N1CC(c2cc(F)cc(F)c2)N(CC(=O)O)C(=O)C1(C)C.[LiH]. The molecule has 2 amide bonds. The topological polar surface area (TPSA) is 87.2 Å². The number of carbonyl (C=O) groups excluding carboxylic acids is 2. The second-order valence-electron chi connectivity index (χ2n) is 8.20.